The molecule has 0 amide bonds. The van der Waals surface area contributed by atoms with Crippen molar-refractivity contribution >= 4 is 34.2 Å². The molecule has 1 aliphatic heterocycles. The second kappa shape index (κ2) is 7.92. The molecule has 6 heteroatoms. The minimum Gasteiger partial charge on any atom is -0.385 e. The molecule has 1 aliphatic rings. The highest BCUT2D eigenvalue weighted by Gasteiger charge is 2.48. The van der Waals surface area contributed by atoms with Crippen LogP contribution in [0.15, 0.2) is 48.8 Å². The van der Waals surface area contributed by atoms with E-state index < -0.39 is 5.60 Å². The summed E-state index contributed by atoms with van der Waals surface area (Å²) < 4.78 is 2.19. The molecular weight excluding hydrogens is 405 g/mol. The van der Waals surface area contributed by atoms with Gasteiger partial charge in [-0.1, -0.05) is 49.2 Å². The summed E-state index contributed by atoms with van der Waals surface area (Å²) in [6.45, 7) is 7.95. The lowest BCUT2D eigenvalue weighted by Crippen LogP contribution is -2.55. The summed E-state index contributed by atoms with van der Waals surface area (Å²) in [4.78, 5) is 6.91. The number of aryl methyl sites for hydroxylation is 1. The highest BCUT2D eigenvalue weighted by Crippen LogP contribution is 2.46. The molecule has 1 N–H and O–H groups in total. The molecule has 29 heavy (non-hydrogen) atoms. The van der Waals surface area contributed by atoms with Gasteiger partial charge in [0.05, 0.1) is 23.0 Å². The standard InChI is InChI=1S/C23H27Cl2N3O/c1-22(2)15-27(13-10-23(22,29)17-4-6-18(24)7-5-17)11-3-12-28-16-26-20-14-19(25)8-9-21(20)28/h4-9,14,16,29H,3,10-13,15H2,1-2H3. The average molecular weight is 432 g/mol. The number of halogens is 2. The van der Waals surface area contributed by atoms with Gasteiger partial charge in [-0.25, -0.2) is 4.98 Å². The van der Waals surface area contributed by atoms with E-state index in [1.165, 1.54) is 0 Å². The lowest BCUT2D eigenvalue weighted by atomic mass is 9.66. The van der Waals surface area contributed by atoms with Crippen LogP contribution in [-0.4, -0.2) is 39.2 Å². The molecule has 0 bridgehead atoms. The number of hydrogen-bond acceptors (Lipinski definition) is 3. The summed E-state index contributed by atoms with van der Waals surface area (Å²) in [5, 5.41) is 12.9. The Morgan fingerprint density at radius 3 is 2.48 bits per heavy atom. The van der Waals surface area contributed by atoms with Crippen LogP contribution in [0.4, 0.5) is 0 Å². The van der Waals surface area contributed by atoms with Crippen LogP contribution >= 0.6 is 23.2 Å². The van der Waals surface area contributed by atoms with Crippen LogP contribution in [0.25, 0.3) is 11.0 Å². The lowest BCUT2D eigenvalue weighted by Gasteiger charge is -2.50. The third-order valence-corrected chi connectivity index (χ3v) is 6.79. The molecule has 1 aromatic heterocycles. The summed E-state index contributed by atoms with van der Waals surface area (Å²) in [6, 6.07) is 13.5. The van der Waals surface area contributed by atoms with Crippen molar-refractivity contribution in [3.05, 3.63) is 64.4 Å². The summed E-state index contributed by atoms with van der Waals surface area (Å²) in [7, 11) is 0. The third-order valence-electron chi connectivity index (χ3n) is 6.31. The maximum absolute atomic E-state index is 11.5. The molecule has 0 spiro atoms. The van der Waals surface area contributed by atoms with E-state index in [9.17, 15) is 5.11 Å². The summed E-state index contributed by atoms with van der Waals surface area (Å²) in [5.41, 5.74) is 1.91. The fourth-order valence-electron chi connectivity index (χ4n) is 4.56. The number of nitrogens with zero attached hydrogens (tertiary/aromatic N) is 3. The molecule has 0 radical (unpaired) electrons. The molecule has 4 nitrogen and oxygen atoms in total. The highest BCUT2D eigenvalue weighted by atomic mass is 35.5. The monoisotopic (exact) mass is 431 g/mol. The van der Waals surface area contributed by atoms with E-state index in [1.807, 2.05) is 48.8 Å². The van der Waals surface area contributed by atoms with Crippen LogP contribution in [0.2, 0.25) is 10.0 Å². The molecule has 2 heterocycles. The smallest absolute Gasteiger partial charge is 0.0971 e. The summed E-state index contributed by atoms with van der Waals surface area (Å²) in [5.74, 6) is 0. The second-order valence-corrected chi connectivity index (χ2v) is 9.57. The molecule has 0 aliphatic carbocycles. The zero-order valence-corrected chi connectivity index (χ0v) is 18.4. The predicted octanol–water partition coefficient (Wildman–Crippen LogP) is 5.35. The van der Waals surface area contributed by atoms with E-state index in [0.717, 1.165) is 49.2 Å². The van der Waals surface area contributed by atoms with Crippen molar-refractivity contribution in [3.63, 3.8) is 0 Å². The van der Waals surface area contributed by atoms with Gasteiger partial charge in [0.2, 0.25) is 0 Å². The van der Waals surface area contributed by atoms with Gasteiger partial charge < -0.3 is 14.6 Å². The van der Waals surface area contributed by atoms with Gasteiger partial charge in [-0.3, -0.25) is 0 Å². The van der Waals surface area contributed by atoms with Gasteiger partial charge >= 0.3 is 0 Å². The first-order chi connectivity index (χ1) is 13.8. The van der Waals surface area contributed by atoms with E-state index in [1.54, 1.807) is 0 Å². The van der Waals surface area contributed by atoms with Crippen molar-refractivity contribution in [1.82, 2.24) is 14.5 Å². The van der Waals surface area contributed by atoms with Crippen molar-refractivity contribution in [3.8, 4) is 0 Å². The van der Waals surface area contributed by atoms with Crippen molar-refractivity contribution in [2.24, 2.45) is 5.41 Å². The van der Waals surface area contributed by atoms with E-state index in [4.69, 9.17) is 23.2 Å². The number of benzene rings is 2. The lowest BCUT2D eigenvalue weighted by molar-refractivity contribution is -0.125. The van der Waals surface area contributed by atoms with E-state index in [0.29, 0.717) is 16.5 Å². The van der Waals surface area contributed by atoms with Crippen molar-refractivity contribution in [2.45, 2.75) is 38.8 Å². The second-order valence-electron chi connectivity index (χ2n) is 8.70. The van der Waals surface area contributed by atoms with Gasteiger partial charge in [-0.2, -0.15) is 0 Å². The number of likely N-dealkylation sites (tertiary alicyclic amines) is 1. The Labute approximate surface area is 182 Å². The van der Waals surface area contributed by atoms with Crippen molar-refractivity contribution in [2.75, 3.05) is 19.6 Å². The Balaban J connectivity index is 1.38. The normalized spacial score (nSPS) is 22.2. The maximum atomic E-state index is 11.5. The largest absolute Gasteiger partial charge is 0.385 e. The summed E-state index contributed by atoms with van der Waals surface area (Å²) in [6.07, 6.45) is 3.64. The highest BCUT2D eigenvalue weighted by molar-refractivity contribution is 6.31. The number of aliphatic hydroxyl groups is 1. The zero-order chi connectivity index (χ0) is 20.6. The predicted molar refractivity (Wildman–Crippen MR) is 120 cm³/mol. The number of piperidine rings is 1. The van der Waals surface area contributed by atoms with Crippen molar-refractivity contribution < 1.29 is 5.11 Å². The number of fused-ring (bicyclic) bond motifs is 1. The Hall–Kier alpha value is -1.59. The molecule has 3 aromatic rings. The number of rotatable bonds is 5. The van der Waals surface area contributed by atoms with Crippen molar-refractivity contribution in [1.29, 1.82) is 0 Å². The van der Waals surface area contributed by atoms with Crippen LogP contribution in [0, 0.1) is 5.41 Å². The Morgan fingerprint density at radius 1 is 1.03 bits per heavy atom. The van der Waals surface area contributed by atoms with Crippen LogP contribution in [0.5, 0.6) is 0 Å². The first-order valence-corrected chi connectivity index (χ1v) is 10.9. The molecule has 154 valence electrons. The quantitative estimate of drug-likeness (QED) is 0.591. The average Bonchev–Trinajstić information content (AvgIpc) is 3.07. The zero-order valence-electron chi connectivity index (χ0n) is 16.9. The molecule has 1 atom stereocenters. The van der Waals surface area contributed by atoms with Crippen LogP contribution in [0.1, 0.15) is 32.3 Å². The fourth-order valence-corrected chi connectivity index (χ4v) is 4.85. The molecule has 1 unspecified atom stereocenters. The van der Waals surface area contributed by atoms with Gasteiger partial charge in [0.1, 0.15) is 0 Å². The maximum Gasteiger partial charge on any atom is 0.0971 e. The number of hydrogen-bond donors (Lipinski definition) is 1. The first-order valence-electron chi connectivity index (χ1n) is 10.1. The van der Waals surface area contributed by atoms with Gasteiger partial charge in [0.25, 0.3) is 0 Å². The topological polar surface area (TPSA) is 41.3 Å². The van der Waals surface area contributed by atoms with Crippen LogP contribution < -0.4 is 0 Å². The Kier molecular flexibility index (Phi) is 5.64. The number of aromatic nitrogens is 2. The molecule has 1 saturated heterocycles. The minimum absolute atomic E-state index is 0.252. The minimum atomic E-state index is -0.839. The Morgan fingerprint density at radius 2 is 1.76 bits per heavy atom. The molecule has 4 rings (SSSR count). The van der Waals surface area contributed by atoms with E-state index in [-0.39, 0.29) is 5.41 Å². The van der Waals surface area contributed by atoms with Gasteiger partial charge in [0, 0.05) is 35.1 Å². The molecule has 1 fully saturated rings. The van der Waals surface area contributed by atoms with Crippen LogP contribution in [0.3, 0.4) is 0 Å². The Bertz CT molecular complexity index is 999. The van der Waals surface area contributed by atoms with E-state index >= 15 is 0 Å². The van der Waals surface area contributed by atoms with Gasteiger partial charge in [-0.15, -0.1) is 0 Å². The third kappa shape index (κ3) is 4.04. The van der Waals surface area contributed by atoms with Gasteiger partial charge in [0.15, 0.2) is 0 Å². The van der Waals surface area contributed by atoms with Gasteiger partial charge in [-0.05, 0) is 55.3 Å². The molecule has 0 saturated carbocycles. The summed E-state index contributed by atoms with van der Waals surface area (Å²) >= 11 is 12.1. The SMILES string of the molecule is CC1(C)CN(CCCn2cnc3cc(Cl)ccc32)CCC1(O)c1ccc(Cl)cc1. The number of imidazole rings is 1. The fraction of sp³-hybridized carbons (Fsp3) is 0.435. The molecular formula is C23H27Cl2N3O. The first kappa shape index (κ1) is 20.7. The van der Waals surface area contributed by atoms with E-state index in [2.05, 4.69) is 28.3 Å². The molecule has 2 aromatic carbocycles. The van der Waals surface area contributed by atoms with Crippen LogP contribution in [-0.2, 0) is 12.1 Å².